The predicted molar refractivity (Wildman–Crippen MR) is 70.2 cm³/mol. The summed E-state index contributed by atoms with van der Waals surface area (Å²) in [5.41, 5.74) is 0. The first-order chi connectivity index (χ1) is 8.63. The SMILES string of the molecule is CC(C)Cc1nc(CN(C)CC2CCCN2)no1. The third-order valence-corrected chi connectivity index (χ3v) is 3.20. The molecular formula is C13H24N4O. The zero-order valence-corrected chi connectivity index (χ0v) is 11.6. The quantitative estimate of drug-likeness (QED) is 0.830. The summed E-state index contributed by atoms with van der Waals surface area (Å²) >= 11 is 0. The molecule has 1 aliphatic rings. The maximum Gasteiger partial charge on any atom is 0.226 e. The van der Waals surface area contributed by atoms with Crippen LogP contribution >= 0.6 is 0 Å². The van der Waals surface area contributed by atoms with Gasteiger partial charge in [0, 0.05) is 19.0 Å². The third kappa shape index (κ3) is 4.07. The van der Waals surface area contributed by atoms with Crippen molar-refractivity contribution in [1.29, 1.82) is 0 Å². The van der Waals surface area contributed by atoms with Crippen LogP contribution < -0.4 is 5.32 Å². The highest BCUT2D eigenvalue weighted by Crippen LogP contribution is 2.09. The lowest BCUT2D eigenvalue weighted by atomic mass is 10.1. The van der Waals surface area contributed by atoms with Gasteiger partial charge in [0.1, 0.15) is 0 Å². The van der Waals surface area contributed by atoms with Crippen molar-refractivity contribution in [1.82, 2.24) is 20.4 Å². The van der Waals surface area contributed by atoms with E-state index in [1.807, 2.05) is 0 Å². The first-order valence-corrected chi connectivity index (χ1v) is 6.87. The molecule has 18 heavy (non-hydrogen) atoms. The monoisotopic (exact) mass is 252 g/mol. The molecule has 1 saturated heterocycles. The van der Waals surface area contributed by atoms with Crippen LogP contribution in [0.25, 0.3) is 0 Å². The lowest BCUT2D eigenvalue weighted by Crippen LogP contribution is -2.35. The number of nitrogens with zero attached hydrogens (tertiary/aromatic N) is 3. The van der Waals surface area contributed by atoms with E-state index in [1.54, 1.807) is 0 Å². The highest BCUT2D eigenvalue weighted by Gasteiger charge is 2.17. The first-order valence-electron chi connectivity index (χ1n) is 6.87. The Labute approximate surface area is 109 Å². The van der Waals surface area contributed by atoms with Gasteiger partial charge in [-0.05, 0) is 32.4 Å². The van der Waals surface area contributed by atoms with Gasteiger partial charge in [-0.15, -0.1) is 0 Å². The van der Waals surface area contributed by atoms with E-state index in [0.29, 0.717) is 12.0 Å². The van der Waals surface area contributed by atoms with E-state index in [9.17, 15) is 0 Å². The molecule has 5 nitrogen and oxygen atoms in total. The molecule has 5 heteroatoms. The molecular weight excluding hydrogens is 228 g/mol. The smallest absolute Gasteiger partial charge is 0.226 e. The molecule has 1 aliphatic heterocycles. The first kappa shape index (κ1) is 13.5. The zero-order valence-electron chi connectivity index (χ0n) is 11.6. The topological polar surface area (TPSA) is 54.2 Å². The van der Waals surface area contributed by atoms with E-state index in [4.69, 9.17) is 4.52 Å². The molecule has 1 atom stereocenters. The van der Waals surface area contributed by atoms with Crippen molar-refractivity contribution in [2.75, 3.05) is 20.1 Å². The van der Waals surface area contributed by atoms with Gasteiger partial charge < -0.3 is 9.84 Å². The molecule has 0 saturated carbocycles. The van der Waals surface area contributed by atoms with Gasteiger partial charge >= 0.3 is 0 Å². The minimum atomic E-state index is 0.554. The van der Waals surface area contributed by atoms with Crippen LogP contribution in [0.15, 0.2) is 4.52 Å². The molecule has 1 N–H and O–H groups in total. The summed E-state index contributed by atoms with van der Waals surface area (Å²) in [6, 6.07) is 0.622. The van der Waals surface area contributed by atoms with Crippen molar-refractivity contribution in [3.05, 3.63) is 11.7 Å². The standard InChI is InChI=1S/C13H24N4O/c1-10(2)7-13-15-12(16-18-13)9-17(3)8-11-5-4-6-14-11/h10-11,14H,4-9H2,1-3H3. The van der Waals surface area contributed by atoms with E-state index >= 15 is 0 Å². The van der Waals surface area contributed by atoms with Crippen LogP contribution in [0.3, 0.4) is 0 Å². The van der Waals surface area contributed by atoms with Gasteiger partial charge in [-0.25, -0.2) is 0 Å². The van der Waals surface area contributed by atoms with Crippen LogP contribution in [0.5, 0.6) is 0 Å². The number of hydrogen-bond donors (Lipinski definition) is 1. The van der Waals surface area contributed by atoms with E-state index in [-0.39, 0.29) is 0 Å². The third-order valence-electron chi connectivity index (χ3n) is 3.20. The van der Waals surface area contributed by atoms with Crippen molar-refractivity contribution in [2.45, 2.75) is 45.7 Å². The Morgan fingerprint density at radius 3 is 3.00 bits per heavy atom. The summed E-state index contributed by atoms with van der Waals surface area (Å²) in [5.74, 6) is 2.11. The summed E-state index contributed by atoms with van der Waals surface area (Å²) in [6.07, 6.45) is 3.43. The number of nitrogens with one attached hydrogen (secondary N) is 1. The average Bonchev–Trinajstić information content (AvgIpc) is 2.89. The van der Waals surface area contributed by atoms with Gasteiger partial charge in [-0.1, -0.05) is 19.0 Å². The highest BCUT2D eigenvalue weighted by atomic mass is 16.5. The molecule has 1 fully saturated rings. The maximum atomic E-state index is 5.24. The molecule has 0 amide bonds. The van der Waals surface area contributed by atoms with Crippen molar-refractivity contribution in [2.24, 2.45) is 5.92 Å². The summed E-state index contributed by atoms with van der Waals surface area (Å²) in [7, 11) is 2.11. The molecule has 0 aliphatic carbocycles. The number of likely N-dealkylation sites (N-methyl/N-ethyl adjacent to an activating group) is 1. The summed E-state index contributed by atoms with van der Waals surface area (Å²) in [6.45, 7) is 7.27. The molecule has 1 aromatic heterocycles. The summed E-state index contributed by atoms with van der Waals surface area (Å²) in [5, 5.41) is 7.53. The van der Waals surface area contributed by atoms with Crippen molar-refractivity contribution in [3.63, 3.8) is 0 Å². The Balaban J connectivity index is 1.79. The Kier molecular flexibility index (Phi) is 4.72. The van der Waals surface area contributed by atoms with Crippen LogP contribution in [0.1, 0.15) is 38.4 Å². The molecule has 0 spiro atoms. The van der Waals surface area contributed by atoms with Crippen LogP contribution in [-0.4, -0.2) is 41.2 Å². The molecule has 2 heterocycles. The predicted octanol–water partition coefficient (Wildman–Crippen LogP) is 1.45. The zero-order chi connectivity index (χ0) is 13.0. The van der Waals surface area contributed by atoms with E-state index in [1.165, 1.54) is 12.8 Å². The Bertz CT molecular complexity index is 358. The van der Waals surface area contributed by atoms with Gasteiger partial charge in [-0.3, -0.25) is 4.90 Å². The minimum absolute atomic E-state index is 0.554. The van der Waals surface area contributed by atoms with Crippen LogP contribution in [0.2, 0.25) is 0 Å². The number of rotatable bonds is 6. The second-order valence-corrected chi connectivity index (χ2v) is 5.69. The fourth-order valence-electron chi connectivity index (χ4n) is 2.38. The number of hydrogen-bond acceptors (Lipinski definition) is 5. The average molecular weight is 252 g/mol. The lowest BCUT2D eigenvalue weighted by Gasteiger charge is -2.19. The number of aromatic nitrogens is 2. The summed E-state index contributed by atoms with van der Waals surface area (Å²) < 4.78 is 5.24. The Hall–Kier alpha value is -0.940. The fourth-order valence-corrected chi connectivity index (χ4v) is 2.38. The highest BCUT2D eigenvalue weighted by molar-refractivity contribution is 4.88. The van der Waals surface area contributed by atoms with Gasteiger partial charge in [-0.2, -0.15) is 4.98 Å². The minimum Gasteiger partial charge on any atom is -0.339 e. The van der Waals surface area contributed by atoms with Crippen molar-refractivity contribution in [3.8, 4) is 0 Å². The summed E-state index contributed by atoms with van der Waals surface area (Å²) in [4.78, 5) is 6.68. The van der Waals surface area contributed by atoms with Crippen molar-refractivity contribution < 1.29 is 4.52 Å². The second kappa shape index (κ2) is 6.29. The Morgan fingerprint density at radius 2 is 2.33 bits per heavy atom. The van der Waals surface area contributed by atoms with E-state index < -0.39 is 0 Å². The molecule has 0 aromatic carbocycles. The molecule has 1 unspecified atom stereocenters. The molecule has 1 aromatic rings. The molecule has 102 valence electrons. The molecule has 0 bridgehead atoms. The van der Waals surface area contributed by atoms with E-state index in [2.05, 4.69) is 41.3 Å². The molecule has 0 radical (unpaired) electrons. The van der Waals surface area contributed by atoms with Gasteiger partial charge in [0.25, 0.3) is 0 Å². The lowest BCUT2D eigenvalue weighted by molar-refractivity contribution is 0.279. The van der Waals surface area contributed by atoms with Gasteiger partial charge in [0.05, 0.1) is 6.54 Å². The largest absolute Gasteiger partial charge is 0.339 e. The van der Waals surface area contributed by atoms with Crippen LogP contribution in [-0.2, 0) is 13.0 Å². The second-order valence-electron chi connectivity index (χ2n) is 5.69. The van der Waals surface area contributed by atoms with Crippen molar-refractivity contribution >= 4 is 0 Å². The normalized spacial score (nSPS) is 20.2. The fraction of sp³-hybridized carbons (Fsp3) is 0.846. The van der Waals surface area contributed by atoms with Crippen LogP contribution in [0.4, 0.5) is 0 Å². The maximum absolute atomic E-state index is 5.24. The van der Waals surface area contributed by atoms with E-state index in [0.717, 1.165) is 37.8 Å². The van der Waals surface area contributed by atoms with Gasteiger partial charge in [0.15, 0.2) is 5.82 Å². The van der Waals surface area contributed by atoms with Crippen LogP contribution in [0, 0.1) is 5.92 Å². The van der Waals surface area contributed by atoms with Gasteiger partial charge in [0.2, 0.25) is 5.89 Å². The molecule has 2 rings (SSSR count). The Morgan fingerprint density at radius 1 is 1.50 bits per heavy atom.